The van der Waals surface area contributed by atoms with Gasteiger partial charge in [0.05, 0.1) is 11.8 Å². The number of hydrogen-bond acceptors (Lipinski definition) is 2. The summed E-state index contributed by atoms with van der Waals surface area (Å²) >= 11 is 3.39. The van der Waals surface area contributed by atoms with Gasteiger partial charge in [0.15, 0.2) is 5.65 Å². The van der Waals surface area contributed by atoms with E-state index in [1.807, 2.05) is 6.92 Å². The highest BCUT2D eigenvalue weighted by Gasteiger charge is 2.02. The van der Waals surface area contributed by atoms with E-state index >= 15 is 0 Å². The molecule has 3 nitrogen and oxygen atoms in total. The number of nitrogens with one attached hydrogen (secondary N) is 1. The lowest BCUT2D eigenvalue weighted by Gasteiger charge is -1.95. The summed E-state index contributed by atoms with van der Waals surface area (Å²) in [4.78, 5) is 11.2. The summed E-state index contributed by atoms with van der Waals surface area (Å²) in [5, 5.41) is 0. The van der Waals surface area contributed by atoms with Crippen molar-refractivity contribution in [2.75, 3.05) is 0 Å². The van der Waals surface area contributed by atoms with Crippen LogP contribution in [0.2, 0.25) is 0 Å². The zero-order valence-electron chi connectivity index (χ0n) is 5.93. The fraction of sp³-hybridized carbons (Fsp3) is 0.143. The van der Waals surface area contributed by atoms with Crippen molar-refractivity contribution in [3.63, 3.8) is 0 Å². The summed E-state index contributed by atoms with van der Waals surface area (Å²) < 4.78 is 1.01. The number of aromatic amines is 1. The van der Waals surface area contributed by atoms with Crippen molar-refractivity contribution in [2.45, 2.75) is 6.92 Å². The van der Waals surface area contributed by atoms with Crippen LogP contribution < -0.4 is 0 Å². The zero-order chi connectivity index (χ0) is 7.84. The maximum absolute atomic E-state index is 4.11. The highest BCUT2D eigenvalue weighted by atomic mass is 79.9. The Hall–Kier alpha value is -0.900. The Balaban J connectivity index is 2.93. The molecule has 0 amide bonds. The van der Waals surface area contributed by atoms with Gasteiger partial charge in [-0.25, -0.2) is 9.97 Å². The third kappa shape index (κ3) is 0.939. The topological polar surface area (TPSA) is 41.6 Å². The van der Waals surface area contributed by atoms with Crippen LogP contribution in [0.3, 0.4) is 0 Å². The molecule has 11 heavy (non-hydrogen) atoms. The average molecular weight is 212 g/mol. The molecule has 0 saturated carbocycles. The van der Waals surface area contributed by atoms with E-state index in [0.29, 0.717) is 0 Å². The molecule has 0 radical (unpaired) electrons. The molecule has 0 fully saturated rings. The first-order chi connectivity index (χ1) is 5.29. The van der Waals surface area contributed by atoms with E-state index < -0.39 is 0 Å². The first-order valence-corrected chi connectivity index (χ1v) is 4.02. The predicted molar refractivity (Wildman–Crippen MR) is 46.3 cm³/mol. The molecule has 2 rings (SSSR count). The molecule has 0 aliphatic heterocycles. The number of hydrogen-bond donors (Lipinski definition) is 1. The van der Waals surface area contributed by atoms with E-state index in [4.69, 9.17) is 0 Å². The molecule has 0 spiro atoms. The second-order valence-corrected chi connectivity index (χ2v) is 3.19. The Kier molecular flexibility index (Phi) is 1.42. The van der Waals surface area contributed by atoms with Gasteiger partial charge in [-0.2, -0.15) is 0 Å². The molecular weight excluding hydrogens is 206 g/mol. The van der Waals surface area contributed by atoms with Gasteiger partial charge in [0.25, 0.3) is 0 Å². The third-order valence-electron chi connectivity index (χ3n) is 1.65. The summed E-state index contributed by atoms with van der Waals surface area (Å²) in [6, 6.07) is 0. The molecule has 1 N–H and O–H groups in total. The van der Waals surface area contributed by atoms with Crippen LogP contribution in [0.5, 0.6) is 0 Å². The summed E-state index contributed by atoms with van der Waals surface area (Å²) in [7, 11) is 0. The molecule has 0 bridgehead atoms. The Morgan fingerprint density at radius 2 is 2.27 bits per heavy atom. The van der Waals surface area contributed by atoms with Gasteiger partial charge in [-0.15, -0.1) is 0 Å². The number of imidazole rings is 1. The van der Waals surface area contributed by atoms with Gasteiger partial charge >= 0.3 is 0 Å². The quantitative estimate of drug-likeness (QED) is 0.725. The van der Waals surface area contributed by atoms with Crippen LogP contribution in [0, 0.1) is 6.92 Å². The largest absolute Gasteiger partial charge is 0.343 e. The highest BCUT2D eigenvalue weighted by molar-refractivity contribution is 9.10. The second-order valence-electron chi connectivity index (χ2n) is 2.33. The minimum Gasteiger partial charge on any atom is -0.343 e. The number of halogens is 1. The second kappa shape index (κ2) is 2.30. The van der Waals surface area contributed by atoms with Crippen molar-refractivity contribution >= 4 is 27.1 Å². The maximum Gasteiger partial charge on any atom is 0.177 e. The molecule has 0 aromatic carbocycles. The summed E-state index contributed by atoms with van der Waals surface area (Å²) in [6.07, 6.45) is 3.41. The molecule has 0 aliphatic carbocycles. The lowest BCUT2D eigenvalue weighted by Crippen LogP contribution is -1.82. The fourth-order valence-electron chi connectivity index (χ4n) is 0.995. The van der Waals surface area contributed by atoms with Crippen molar-refractivity contribution in [2.24, 2.45) is 0 Å². The number of fused-ring (bicyclic) bond motifs is 1. The van der Waals surface area contributed by atoms with Crippen LogP contribution in [0.25, 0.3) is 11.2 Å². The standard InChI is InChI=1S/C7H6BrN3/c1-4-5(8)2-9-7-6(4)10-3-11-7/h2-3H,1H3,(H,9,10,11). The van der Waals surface area contributed by atoms with Gasteiger partial charge < -0.3 is 4.98 Å². The number of pyridine rings is 1. The van der Waals surface area contributed by atoms with Gasteiger partial charge in [-0.1, -0.05) is 0 Å². The summed E-state index contributed by atoms with van der Waals surface area (Å²) in [5.74, 6) is 0. The fourth-order valence-corrected chi connectivity index (χ4v) is 1.30. The number of rotatable bonds is 0. The number of nitrogens with zero attached hydrogens (tertiary/aromatic N) is 2. The molecular formula is C7H6BrN3. The smallest absolute Gasteiger partial charge is 0.177 e. The van der Waals surface area contributed by atoms with Crippen LogP contribution in [0.15, 0.2) is 17.0 Å². The number of aryl methyl sites for hydroxylation is 1. The normalized spacial score (nSPS) is 10.7. The van der Waals surface area contributed by atoms with E-state index in [2.05, 4.69) is 30.9 Å². The van der Waals surface area contributed by atoms with Gasteiger partial charge in [-0.05, 0) is 28.4 Å². The Labute approximate surface area is 72.0 Å². The molecule has 0 aliphatic rings. The van der Waals surface area contributed by atoms with E-state index in [1.165, 1.54) is 0 Å². The summed E-state index contributed by atoms with van der Waals surface area (Å²) in [6.45, 7) is 2.02. The van der Waals surface area contributed by atoms with Crippen molar-refractivity contribution < 1.29 is 0 Å². The van der Waals surface area contributed by atoms with Crippen molar-refractivity contribution in [1.82, 2.24) is 15.0 Å². The van der Waals surface area contributed by atoms with E-state index in [0.717, 1.165) is 21.2 Å². The molecule has 0 unspecified atom stereocenters. The minimum atomic E-state index is 0.769. The first kappa shape index (κ1) is 6.79. The number of aromatic nitrogens is 3. The van der Waals surface area contributed by atoms with Gasteiger partial charge in [0.2, 0.25) is 0 Å². The zero-order valence-corrected chi connectivity index (χ0v) is 7.51. The maximum atomic E-state index is 4.11. The Morgan fingerprint density at radius 1 is 1.45 bits per heavy atom. The molecule has 2 heterocycles. The average Bonchev–Trinajstić information content (AvgIpc) is 2.45. The molecule has 0 atom stereocenters. The first-order valence-electron chi connectivity index (χ1n) is 3.23. The van der Waals surface area contributed by atoms with Crippen molar-refractivity contribution in [1.29, 1.82) is 0 Å². The van der Waals surface area contributed by atoms with Gasteiger partial charge in [0.1, 0.15) is 0 Å². The predicted octanol–water partition coefficient (Wildman–Crippen LogP) is 2.03. The van der Waals surface area contributed by atoms with Crippen molar-refractivity contribution in [3.05, 3.63) is 22.6 Å². The molecule has 2 aromatic heterocycles. The SMILES string of the molecule is Cc1c(Br)cnc2nc[nH]c12. The highest BCUT2D eigenvalue weighted by Crippen LogP contribution is 2.20. The van der Waals surface area contributed by atoms with E-state index in [1.54, 1.807) is 12.5 Å². The third-order valence-corrected chi connectivity index (χ3v) is 2.45. The van der Waals surface area contributed by atoms with Gasteiger partial charge in [0, 0.05) is 10.7 Å². The van der Waals surface area contributed by atoms with E-state index in [9.17, 15) is 0 Å². The molecule has 2 aromatic rings. The van der Waals surface area contributed by atoms with Crippen LogP contribution in [0.1, 0.15) is 5.56 Å². The molecule has 56 valence electrons. The summed E-state index contributed by atoms with van der Waals surface area (Å²) in [5.41, 5.74) is 2.91. The van der Waals surface area contributed by atoms with Crippen LogP contribution in [0.4, 0.5) is 0 Å². The lowest BCUT2D eigenvalue weighted by atomic mass is 10.3. The lowest BCUT2D eigenvalue weighted by molar-refractivity contribution is 1.29. The monoisotopic (exact) mass is 211 g/mol. The van der Waals surface area contributed by atoms with E-state index in [-0.39, 0.29) is 0 Å². The van der Waals surface area contributed by atoms with Crippen LogP contribution >= 0.6 is 15.9 Å². The van der Waals surface area contributed by atoms with Gasteiger partial charge in [-0.3, -0.25) is 0 Å². The van der Waals surface area contributed by atoms with Crippen LogP contribution in [-0.4, -0.2) is 15.0 Å². The van der Waals surface area contributed by atoms with Crippen molar-refractivity contribution in [3.8, 4) is 0 Å². The Morgan fingerprint density at radius 3 is 3.09 bits per heavy atom. The minimum absolute atomic E-state index is 0.769. The molecule has 4 heteroatoms. The number of H-pyrrole nitrogens is 1. The molecule has 0 saturated heterocycles. The Bertz CT molecular complexity index is 393. The van der Waals surface area contributed by atoms with Crippen LogP contribution in [-0.2, 0) is 0 Å².